The first-order valence-corrected chi connectivity index (χ1v) is 7.70. The van der Waals surface area contributed by atoms with E-state index in [4.69, 9.17) is 9.47 Å². The molecule has 0 unspecified atom stereocenters. The van der Waals surface area contributed by atoms with Crippen molar-refractivity contribution in [3.8, 4) is 0 Å². The van der Waals surface area contributed by atoms with Gasteiger partial charge in [-0.15, -0.1) is 0 Å². The number of pyridine rings is 1. The molecule has 1 saturated carbocycles. The van der Waals surface area contributed by atoms with Gasteiger partial charge in [-0.05, 0) is 25.0 Å². The highest BCUT2D eigenvalue weighted by molar-refractivity contribution is 5.51. The fraction of sp³-hybridized carbons (Fsp3) is 0.562. The fourth-order valence-corrected chi connectivity index (χ4v) is 3.62. The Morgan fingerprint density at radius 3 is 2.76 bits per heavy atom. The molecule has 0 radical (unpaired) electrons. The van der Waals surface area contributed by atoms with Crippen LogP contribution in [0.4, 0.5) is 5.82 Å². The highest BCUT2D eigenvalue weighted by Crippen LogP contribution is 2.38. The third kappa shape index (κ3) is 2.21. The van der Waals surface area contributed by atoms with E-state index in [1.54, 1.807) is 0 Å². The molecule has 1 saturated heterocycles. The van der Waals surface area contributed by atoms with Crippen LogP contribution >= 0.6 is 0 Å². The van der Waals surface area contributed by atoms with Crippen LogP contribution < -0.4 is 4.90 Å². The Labute approximate surface area is 124 Å². The number of hydrogen-bond acceptors (Lipinski definition) is 4. The van der Waals surface area contributed by atoms with Gasteiger partial charge in [0.2, 0.25) is 0 Å². The summed E-state index contributed by atoms with van der Waals surface area (Å²) in [6, 6.07) is 6.79. The Bertz CT molecular complexity index is 623. The third-order valence-electron chi connectivity index (χ3n) is 4.85. The molecule has 2 fully saturated rings. The highest BCUT2D eigenvalue weighted by Gasteiger charge is 2.41. The van der Waals surface area contributed by atoms with Gasteiger partial charge in [0.15, 0.2) is 5.79 Å². The second-order valence-corrected chi connectivity index (χ2v) is 5.99. The van der Waals surface area contributed by atoms with Crippen molar-refractivity contribution in [1.29, 1.82) is 0 Å². The van der Waals surface area contributed by atoms with E-state index in [2.05, 4.69) is 33.5 Å². The molecule has 2 aromatic heterocycles. The van der Waals surface area contributed by atoms with Crippen LogP contribution in [0, 0.1) is 0 Å². The Morgan fingerprint density at radius 1 is 1.24 bits per heavy atom. The molecule has 4 rings (SSSR count). The van der Waals surface area contributed by atoms with Gasteiger partial charge in [0.05, 0.1) is 13.2 Å². The Kier molecular flexibility index (Phi) is 3.12. The Morgan fingerprint density at radius 2 is 2.00 bits per heavy atom. The summed E-state index contributed by atoms with van der Waals surface area (Å²) in [6.45, 7) is 1.49. The molecule has 2 aromatic rings. The van der Waals surface area contributed by atoms with Gasteiger partial charge < -0.3 is 14.4 Å². The van der Waals surface area contributed by atoms with Crippen LogP contribution in [0.2, 0.25) is 0 Å². The second-order valence-electron chi connectivity index (χ2n) is 5.99. The summed E-state index contributed by atoms with van der Waals surface area (Å²) in [5, 5.41) is 0. The van der Waals surface area contributed by atoms with Gasteiger partial charge in [0.1, 0.15) is 11.5 Å². The van der Waals surface area contributed by atoms with E-state index in [1.807, 2.05) is 18.5 Å². The van der Waals surface area contributed by atoms with E-state index in [9.17, 15) is 0 Å². The van der Waals surface area contributed by atoms with Gasteiger partial charge in [-0.2, -0.15) is 0 Å². The zero-order valence-electron chi connectivity index (χ0n) is 12.4. The SMILES string of the molecule is CN(c1cccc2nccn12)C1CCC2(CC1)OCCO2. The van der Waals surface area contributed by atoms with Gasteiger partial charge in [0.25, 0.3) is 0 Å². The van der Waals surface area contributed by atoms with Gasteiger partial charge in [-0.3, -0.25) is 4.40 Å². The summed E-state index contributed by atoms with van der Waals surface area (Å²) >= 11 is 0. The zero-order valence-corrected chi connectivity index (χ0v) is 12.4. The summed E-state index contributed by atoms with van der Waals surface area (Å²) < 4.78 is 13.8. The van der Waals surface area contributed by atoms with Gasteiger partial charge >= 0.3 is 0 Å². The molecule has 5 nitrogen and oxygen atoms in total. The van der Waals surface area contributed by atoms with Crippen molar-refractivity contribution in [1.82, 2.24) is 9.38 Å². The number of nitrogens with zero attached hydrogens (tertiary/aromatic N) is 3. The summed E-state index contributed by atoms with van der Waals surface area (Å²) in [7, 11) is 2.17. The van der Waals surface area contributed by atoms with Crippen molar-refractivity contribution < 1.29 is 9.47 Å². The molecule has 1 aliphatic carbocycles. The number of anilines is 1. The zero-order chi connectivity index (χ0) is 14.3. The van der Waals surface area contributed by atoms with Crippen molar-refractivity contribution in [3.05, 3.63) is 30.6 Å². The summed E-state index contributed by atoms with van der Waals surface area (Å²) in [6.07, 6.45) is 8.05. The lowest BCUT2D eigenvalue weighted by Crippen LogP contribution is -2.43. The van der Waals surface area contributed by atoms with Crippen molar-refractivity contribution in [3.63, 3.8) is 0 Å². The lowest BCUT2D eigenvalue weighted by atomic mass is 9.89. The first-order chi connectivity index (χ1) is 10.3. The summed E-state index contributed by atoms with van der Waals surface area (Å²) in [5.41, 5.74) is 0.995. The molecular formula is C16H21N3O2. The standard InChI is InChI=1S/C16H21N3O2/c1-18(15-4-2-3-14-17-9-10-19(14)15)13-5-7-16(8-6-13)20-11-12-21-16/h2-4,9-10,13H,5-8,11-12H2,1H3. The Balaban J connectivity index is 1.53. The molecule has 112 valence electrons. The predicted molar refractivity (Wildman–Crippen MR) is 80.5 cm³/mol. The number of ether oxygens (including phenoxy) is 2. The van der Waals surface area contributed by atoms with E-state index in [1.165, 1.54) is 5.82 Å². The maximum Gasteiger partial charge on any atom is 0.168 e. The van der Waals surface area contributed by atoms with Crippen molar-refractivity contribution in [2.24, 2.45) is 0 Å². The van der Waals surface area contributed by atoms with Gasteiger partial charge in [-0.25, -0.2) is 4.98 Å². The molecule has 0 aromatic carbocycles. The minimum Gasteiger partial charge on any atom is -0.358 e. The average molecular weight is 287 g/mol. The third-order valence-corrected chi connectivity index (χ3v) is 4.85. The molecule has 2 aliphatic rings. The average Bonchev–Trinajstić information content (AvgIpc) is 3.16. The highest BCUT2D eigenvalue weighted by atomic mass is 16.7. The van der Waals surface area contributed by atoms with Crippen molar-refractivity contribution in [2.45, 2.75) is 37.5 Å². The molecule has 0 atom stereocenters. The molecule has 0 bridgehead atoms. The first-order valence-electron chi connectivity index (χ1n) is 7.70. The minimum absolute atomic E-state index is 0.279. The quantitative estimate of drug-likeness (QED) is 0.850. The molecule has 21 heavy (non-hydrogen) atoms. The van der Waals surface area contributed by atoms with E-state index < -0.39 is 0 Å². The number of hydrogen-bond donors (Lipinski definition) is 0. The maximum atomic E-state index is 5.82. The normalized spacial score (nSPS) is 22.1. The largest absolute Gasteiger partial charge is 0.358 e. The van der Waals surface area contributed by atoms with Crippen LogP contribution in [-0.4, -0.2) is 41.5 Å². The predicted octanol–water partition coefficient (Wildman–Crippen LogP) is 2.46. The molecular weight excluding hydrogens is 266 g/mol. The van der Waals surface area contributed by atoms with E-state index in [0.29, 0.717) is 6.04 Å². The van der Waals surface area contributed by atoms with Crippen LogP contribution in [0.15, 0.2) is 30.6 Å². The molecule has 0 N–H and O–H groups in total. The second kappa shape index (κ2) is 5.00. The van der Waals surface area contributed by atoms with E-state index >= 15 is 0 Å². The molecule has 0 amide bonds. The number of imidazole rings is 1. The van der Waals surface area contributed by atoms with Crippen molar-refractivity contribution >= 4 is 11.5 Å². The van der Waals surface area contributed by atoms with Crippen LogP contribution in [0.1, 0.15) is 25.7 Å². The minimum atomic E-state index is -0.279. The lowest BCUT2D eigenvalue weighted by Gasteiger charge is -2.39. The topological polar surface area (TPSA) is 39.0 Å². The molecule has 3 heterocycles. The molecule has 5 heteroatoms. The van der Waals surface area contributed by atoms with Crippen LogP contribution in [0.3, 0.4) is 0 Å². The first kappa shape index (κ1) is 13.1. The van der Waals surface area contributed by atoms with Crippen LogP contribution in [-0.2, 0) is 9.47 Å². The van der Waals surface area contributed by atoms with Gasteiger partial charge in [0, 0.05) is 38.3 Å². The number of rotatable bonds is 2. The van der Waals surface area contributed by atoms with Crippen molar-refractivity contribution in [2.75, 3.05) is 25.2 Å². The van der Waals surface area contributed by atoms with Crippen LogP contribution in [0.5, 0.6) is 0 Å². The maximum absolute atomic E-state index is 5.82. The van der Waals surface area contributed by atoms with E-state index in [0.717, 1.165) is 44.5 Å². The van der Waals surface area contributed by atoms with E-state index in [-0.39, 0.29) is 5.79 Å². The molecule has 1 aliphatic heterocycles. The smallest absolute Gasteiger partial charge is 0.168 e. The Hall–Kier alpha value is -1.59. The summed E-state index contributed by atoms with van der Waals surface area (Å²) in [4.78, 5) is 6.73. The van der Waals surface area contributed by atoms with Gasteiger partial charge in [-0.1, -0.05) is 6.07 Å². The van der Waals surface area contributed by atoms with Crippen LogP contribution in [0.25, 0.3) is 5.65 Å². The lowest BCUT2D eigenvalue weighted by molar-refractivity contribution is -0.178. The number of fused-ring (bicyclic) bond motifs is 1. The number of aromatic nitrogens is 2. The molecule has 1 spiro atoms. The monoisotopic (exact) mass is 287 g/mol. The summed E-state index contributed by atoms with van der Waals surface area (Å²) in [5.74, 6) is 0.914. The fourth-order valence-electron chi connectivity index (χ4n) is 3.62.